The summed E-state index contributed by atoms with van der Waals surface area (Å²) in [5.74, 6) is 1.39. The Morgan fingerprint density at radius 3 is 2.46 bits per heavy atom. The van der Waals surface area contributed by atoms with Crippen molar-refractivity contribution in [2.24, 2.45) is 11.8 Å². The van der Waals surface area contributed by atoms with Crippen LogP contribution in [0.4, 0.5) is 4.39 Å². The van der Waals surface area contributed by atoms with E-state index in [1.54, 1.807) is 19.2 Å². The fourth-order valence-corrected chi connectivity index (χ4v) is 4.58. The third-order valence-electron chi connectivity index (χ3n) is 6.87. The first-order valence-electron chi connectivity index (χ1n) is 13.6. The van der Waals surface area contributed by atoms with Crippen molar-refractivity contribution >= 4 is 0 Å². The van der Waals surface area contributed by atoms with E-state index in [1.807, 2.05) is 19.1 Å². The molecule has 1 N–H and O–H groups in total. The molecule has 0 amide bonds. The zero-order chi connectivity index (χ0) is 25.9. The predicted octanol–water partition coefficient (Wildman–Crippen LogP) is 9.31. The normalized spacial score (nSPS) is 19.3. The number of hydrogen-bond acceptors (Lipinski definition) is 2. The van der Waals surface area contributed by atoms with E-state index >= 15 is 0 Å². The lowest BCUT2D eigenvalue weighted by molar-refractivity contribution is 0.0585. The highest BCUT2D eigenvalue weighted by atomic mass is 19.1. The Morgan fingerprint density at radius 1 is 1.23 bits per heavy atom. The molecule has 196 valence electrons. The van der Waals surface area contributed by atoms with Gasteiger partial charge in [0.2, 0.25) is 0 Å². The first-order valence-corrected chi connectivity index (χ1v) is 13.6. The standard InChI is InChI=1S/C17H27NO.C8H9F.C7H14/c1-5-7-10-15(6-2)17(18-19-4)16-11-8-9-14(3)12-13-16;1-2-7-5-3-4-6-8(7)9;1-7-5-3-2-4-6-7/h5-6,8,11-12,16-18H,1,7,9-10,13H2,2-4H3;3-6H,2H2,1H3;7H,2-6H2,1H3/b15-6+;;. The van der Waals surface area contributed by atoms with Gasteiger partial charge < -0.3 is 4.84 Å². The zero-order valence-electron chi connectivity index (χ0n) is 23.0. The quantitative estimate of drug-likeness (QED) is 0.294. The highest BCUT2D eigenvalue weighted by Gasteiger charge is 2.22. The van der Waals surface area contributed by atoms with Gasteiger partial charge in [-0.2, -0.15) is 5.48 Å². The molecule has 3 rings (SSSR count). The molecule has 2 nitrogen and oxygen atoms in total. The first kappa shape index (κ1) is 31.1. The number of benzene rings is 1. The van der Waals surface area contributed by atoms with Gasteiger partial charge in [-0.1, -0.05) is 106 Å². The zero-order valence-corrected chi connectivity index (χ0v) is 23.0. The molecule has 0 bridgehead atoms. The highest BCUT2D eigenvalue weighted by Crippen LogP contribution is 2.26. The van der Waals surface area contributed by atoms with Gasteiger partial charge in [0.25, 0.3) is 0 Å². The van der Waals surface area contributed by atoms with Gasteiger partial charge in [-0.05, 0) is 63.5 Å². The Kier molecular flexibility index (Phi) is 17.1. The summed E-state index contributed by atoms with van der Waals surface area (Å²) in [6, 6.07) is 7.08. The average molecular weight is 484 g/mol. The van der Waals surface area contributed by atoms with Gasteiger partial charge in [-0.15, -0.1) is 6.58 Å². The van der Waals surface area contributed by atoms with E-state index in [2.05, 4.69) is 57.1 Å². The molecule has 2 atom stereocenters. The van der Waals surface area contributed by atoms with Crippen molar-refractivity contribution in [1.82, 2.24) is 5.48 Å². The maximum atomic E-state index is 12.6. The third kappa shape index (κ3) is 13.1. The fraction of sp³-hybridized carbons (Fsp3) is 0.562. The van der Waals surface area contributed by atoms with Gasteiger partial charge in [0.05, 0.1) is 13.2 Å². The summed E-state index contributed by atoms with van der Waals surface area (Å²) in [5.41, 5.74) is 6.80. The largest absolute Gasteiger partial charge is 0.305 e. The lowest BCUT2D eigenvalue weighted by Crippen LogP contribution is -2.36. The topological polar surface area (TPSA) is 21.3 Å². The van der Waals surface area contributed by atoms with Gasteiger partial charge in [0, 0.05) is 5.92 Å². The Morgan fingerprint density at radius 2 is 1.94 bits per heavy atom. The summed E-state index contributed by atoms with van der Waals surface area (Å²) >= 11 is 0. The number of nitrogens with one attached hydrogen (secondary N) is 1. The maximum Gasteiger partial charge on any atom is 0.126 e. The molecule has 0 saturated heterocycles. The van der Waals surface area contributed by atoms with Crippen LogP contribution in [0, 0.1) is 17.7 Å². The van der Waals surface area contributed by atoms with E-state index in [9.17, 15) is 4.39 Å². The number of aryl methyl sites for hydroxylation is 1. The number of hydrogen-bond donors (Lipinski definition) is 1. The molecule has 1 aromatic carbocycles. The SMILES string of the molecule is C=CCC/C(=C\C)C(NOC)C1C=CCC(C)=CC1.CC1CCCCC1.CCc1ccccc1F. The Hall–Kier alpha value is -1.97. The molecule has 2 aliphatic carbocycles. The number of allylic oxidation sites excluding steroid dienone is 5. The van der Waals surface area contributed by atoms with E-state index in [-0.39, 0.29) is 11.9 Å². The fourth-order valence-electron chi connectivity index (χ4n) is 4.58. The summed E-state index contributed by atoms with van der Waals surface area (Å²) in [6.07, 6.45) is 23.5. The van der Waals surface area contributed by atoms with Gasteiger partial charge in [-0.3, -0.25) is 0 Å². The van der Waals surface area contributed by atoms with Crippen LogP contribution in [-0.2, 0) is 11.3 Å². The minimum Gasteiger partial charge on any atom is -0.305 e. The van der Waals surface area contributed by atoms with E-state index in [0.717, 1.165) is 43.6 Å². The van der Waals surface area contributed by atoms with Crippen molar-refractivity contribution in [1.29, 1.82) is 0 Å². The molecule has 2 unspecified atom stereocenters. The molecule has 0 spiro atoms. The monoisotopic (exact) mass is 483 g/mol. The van der Waals surface area contributed by atoms with E-state index in [1.165, 1.54) is 49.3 Å². The average Bonchev–Trinajstić information content (AvgIpc) is 3.09. The van der Waals surface area contributed by atoms with Crippen LogP contribution in [0.5, 0.6) is 0 Å². The van der Waals surface area contributed by atoms with Crippen LogP contribution in [-0.4, -0.2) is 13.2 Å². The number of rotatable bonds is 8. The summed E-state index contributed by atoms with van der Waals surface area (Å²) in [5, 5.41) is 0. The molecule has 1 saturated carbocycles. The maximum absolute atomic E-state index is 12.6. The predicted molar refractivity (Wildman–Crippen MR) is 151 cm³/mol. The Bertz CT molecular complexity index is 789. The number of hydroxylamine groups is 1. The summed E-state index contributed by atoms with van der Waals surface area (Å²) in [4.78, 5) is 5.22. The molecule has 0 heterocycles. The van der Waals surface area contributed by atoms with Gasteiger partial charge >= 0.3 is 0 Å². The molecule has 2 aliphatic rings. The molecule has 0 radical (unpaired) electrons. The lowest BCUT2D eigenvalue weighted by Gasteiger charge is -2.26. The molecule has 0 aliphatic heterocycles. The van der Waals surface area contributed by atoms with E-state index < -0.39 is 0 Å². The molecule has 1 fully saturated rings. The summed E-state index contributed by atoms with van der Waals surface area (Å²) in [7, 11) is 1.69. The van der Waals surface area contributed by atoms with Gasteiger partial charge in [0.15, 0.2) is 0 Å². The van der Waals surface area contributed by atoms with Crippen LogP contribution in [0.25, 0.3) is 0 Å². The van der Waals surface area contributed by atoms with Crippen molar-refractivity contribution in [2.45, 2.75) is 97.9 Å². The van der Waals surface area contributed by atoms with Crippen LogP contribution in [0.15, 0.2) is 72.4 Å². The lowest BCUT2D eigenvalue weighted by atomic mass is 9.88. The second kappa shape index (κ2) is 19.2. The Labute approximate surface area is 215 Å². The van der Waals surface area contributed by atoms with Crippen LogP contribution < -0.4 is 5.48 Å². The molecule has 3 heteroatoms. The second-order valence-corrected chi connectivity index (χ2v) is 9.76. The minimum absolute atomic E-state index is 0.0972. The van der Waals surface area contributed by atoms with Crippen LogP contribution in [0.2, 0.25) is 0 Å². The van der Waals surface area contributed by atoms with E-state index in [0.29, 0.717) is 5.92 Å². The van der Waals surface area contributed by atoms with Crippen molar-refractivity contribution in [3.63, 3.8) is 0 Å². The molecule has 0 aromatic heterocycles. The smallest absolute Gasteiger partial charge is 0.126 e. The van der Waals surface area contributed by atoms with Crippen molar-refractivity contribution in [3.8, 4) is 0 Å². The second-order valence-electron chi connectivity index (χ2n) is 9.76. The van der Waals surface area contributed by atoms with Crippen molar-refractivity contribution in [3.05, 3.63) is 83.8 Å². The molecule has 1 aromatic rings. The molecular formula is C32H50FNO. The first-order chi connectivity index (χ1) is 17.0. The van der Waals surface area contributed by atoms with Crippen molar-refractivity contribution < 1.29 is 9.23 Å². The highest BCUT2D eigenvalue weighted by molar-refractivity contribution is 5.20. The van der Waals surface area contributed by atoms with Crippen LogP contribution >= 0.6 is 0 Å². The van der Waals surface area contributed by atoms with Gasteiger partial charge in [-0.25, -0.2) is 4.39 Å². The third-order valence-corrected chi connectivity index (χ3v) is 6.87. The molecule has 35 heavy (non-hydrogen) atoms. The summed E-state index contributed by atoms with van der Waals surface area (Å²) in [6.45, 7) is 12.4. The minimum atomic E-state index is -0.0972. The molecular weight excluding hydrogens is 433 g/mol. The van der Waals surface area contributed by atoms with Gasteiger partial charge in [0.1, 0.15) is 5.82 Å². The number of halogens is 1. The van der Waals surface area contributed by atoms with Crippen LogP contribution in [0.3, 0.4) is 0 Å². The van der Waals surface area contributed by atoms with E-state index in [4.69, 9.17) is 4.84 Å². The van der Waals surface area contributed by atoms with Crippen LogP contribution in [0.1, 0.15) is 91.0 Å². The van der Waals surface area contributed by atoms with Crippen molar-refractivity contribution in [2.75, 3.05) is 7.11 Å². The summed E-state index contributed by atoms with van der Waals surface area (Å²) < 4.78 is 12.6. The Balaban J connectivity index is 0.000000312.